The van der Waals surface area contributed by atoms with Crippen LogP contribution in [0.15, 0.2) is 145 Å². The van der Waals surface area contributed by atoms with Gasteiger partial charge in [-0.3, -0.25) is 24.1 Å². The second-order valence-electron chi connectivity index (χ2n) is 14.3. The Kier molecular flexibility index (Phi) is 7.25. The van der Waals surface area contributed by atoms with Gasteiger partial charge >= 0.3 is 0 Å². The third-order valence-electron chi connectivity index (χ3n) is 11.9. The maximum absolute atomic E-state index is 15.3. The quantitative estimate of drug-likeness (QED) is 0.154. The van der Waals surface area contributed by atoms with Crippen molar-refractivity contribution in [1.29, 1.82) is 0 Å². The van der Waals surface area contributed by atoms with Crippen molar-refractivity contribution in [3.05, 3.63) is 167 Å². The lowest BCUT2D eigenvalue weighted by atomic mass is 9.44. The number of hydrogen-bond acceptors (Lipinski definition) is 5. The fourth-order valence-corrected chi connectivity index (χ4v) is 9.76. The molecule has 9 rings (SSSR count). The van der Waals surface area contributed by atoms with E-state index in [2.05, 4.69) is 6.08 Å². The van der Waals surface area contributed by atoms with Gasteiger partial charge in [-0.15, -0.1) is 0 Å². The fraction of sp³-hybridized carbons (Fsp3) is 0.200. The van der Waals surface area contributed by atoms with Crippen LogP contribution in [0, 0.1) is 23.7 Å². The summed E-state index contributed by atoms with van der Waals surface area (Å²) in [5.41, 5.74) is 3.03. The zero-order chi connectivity index (χ0) is 34.9. The molecule has 5 aromatic rings. The first-order chi connectivity index (χ1) is 24.9. The van der Waals surface area contributed by atoms with Crippen LogP contribution in [0.25, 0.3) is 16.3 Å². The van der Waals surface area contributed by atoms with Gasteiger partial charge in [-0.25, -0.2) is 0 Å². The van der Waals surface area contributed by atoms with Crippen LogP contribution in [0.2, 0.25) is 0 Å². The van der Waals surface area contributed by atoms with Gasteiger partial charge in [0.1, 0.15) is 5.75 Å². The molecule has 1 saturated heterocycles. The number of phenols is 1. The number of allylic oxidation sites excluding steroid dienone is 4. The summed E-state index contributed by atoms with van der Waals surface area (Å²) in [6, 6.07) is 39.5. The molecule has 6 nitrogen and oxygen atoms in total. The summed E-state index contributed by atoms with van der Waals surface area (Å²) in [5.74, 6) is -3.72. The van der Waals surface area contributed by atoms with Crippen LogP contribution in [-0.2, 0) is 31.1 Å². The monoisotopic (exact) mass is 669 g/mol. The number of likely N-dealkylation sites (tertiary alicyclic amines) is 1. The highest BCUT2D eigenvalue weighted by Crippen LogP contribution is 2.64. The minimum Gasteiger partial charge on any atom is -0.507 e. The van der Waals surface area contributed by atoms with E-state index in [4.69, 9.17) is 0 Å². The second kappa shape index (κ2) is 11.9. The number of imide groups is 1. The molecule has 6 heteroatoms. The topological polar surface area (TPSA) is 91.8 Å². The normalized spacial score (nSPS) is 27.1. The minimum atomic E-state index is -1.33. The van der Waals surface area contributed by atoms with E-state index in [-0.39, 0.29) is 42.1 Å². The molecule has 3 aliphatic carbocycles. The Bertz CT molecular complexity index is 2310. The predicted molar refractivity (Wildman–Crippen MR) is 194 cm³/mol. The first-order valence-electron chi connectivity index (χ1n) is 17.6. The van der Waals surface area contributed by atoms with Gasteiger partial charge < -0.3 is 5.11 Å². The van der Waals surface area contributed by atoms with E-state index in [1.165, 1.54) is 11.0 Å². The van der Waals surface area contributed by atoms with E-state index < -0.39 is 35.0 Å². The molecule has 0 bridgehead atoms. The van der Waals surface area contributed by atoms with Gasteiger partial charge in [-0.05, 0) is 58.5 Å². The molecule has 6 atom stereocenters. The number of aromatic hydroxyl groups is 1. The van der Waals surface area contributed by atoms with E-state index >= 15 is 9.59 Å². The van der Waals surface area contributed by atoms with Gasteiger partial charge in [0.2, 0.25) is 11.8 Å². The van der Waals surface area contributed by atoms with Crippen LogP contribution >= 0.6 is 0 Å². The lowest BCUT2D eigenvalue weighted by Crippen LogP contribution is -2.58. The van der Waals surface area contributed by atoms with Gasteiger partial charge in [-0.1, -0.05) is 133 Å². The lowest BCUT2D eigenvalue weighted by Gasteiger charge is -2.55. The number of fused-ring (bicyclic) bond motifs is 5. The number of carbonyl (C=O) groups excluding carboxylic acids is 4. The number of carbonyl (C=O) groups is 4. The molecule has 5 aromatic carbocycles. The maximum atomic E-state index is 15.3. The highest BCUT2D eigenvalue weighted by Gasteiger charge is 2.66. The Morgan fingerprint density at radius 2 is 1.33 bits per heavy atom. The third kappa shape index (κ3) is 4.55. The first-order valence-corrected chi connectivity index (χ1v) is 17.6. The summed E-state index contributed by atoms with van der Waals surface area (Å²) in [4.78, 5) is 60.4. The Balaban J connectivity index is 1.29. The molecule has 51 heavy (non-hydrogen) atoms. The van der Waals surface area contributed by atoms with Crippen molar-refractivity contribution in [2.75, 3.05) is 0 Å². The molecule has 0 unspecified atom stereocenters. The van der Waals surface area contributed by atoms with Gasteiger partial charge in [-0.2, -0.15) is 0 Å². The largest absolute Gasteiger partial charge is 0.507 e. The van der Waals surface area contributed by atoms with Crippen molar-refractivity contribution in [1.82, 2.24) is 4.90 Å². The van der Waals surface area contributed by atoms with Crippen molar-refractivity contribution >= 4 is 39.7 Å². The van der Waals surface area contributed by atoms with Crippen LogP contribution in [0.3, 0.4) is 0 Å². The highest BCUT2D eigenvalue weighted by molar-refractivity contribution is 6.31. The third-order valence-corrected chi connectivity index (χ3v) is 11.9. The van der Waals surface area contributed by atoms with Gasteiger partial charge in [0.25, 0.3) is 0 Å². The Morgan fingerprint density at radius 3 is 2.06 bits per heavy atom. The van der Waals surface area contributed by atoms with E-state index in [9.17, 15) is 14.7 Å². The molecule has 2 fully saturated rings. The average Bonchev–Trinajstić information content (AvgIpc) is 3.41. The number of hydrogen-bond donors (Lipinski definition) is 1. The van der Waals surface area contributed by atoms with Crippen molar-refractivity contribution in [2.24, 2.45) is 23.7 Å². The number of rotatable bonds is 5. The smallest absolute Gasteiger partial charge is 0.234 e. The number of ketones is 2. The van der Waals surface area contributed by atoms with E-state index in [1.54, 1.807) is 6.07 Å². The second-order valence-corrected chi connectivity index (χ2v) is 14.3. The highest BCUT2D eigenvalue weighted by atomic mass is 16.3. The van der Waals surface area contributed by atoms with Crippen molar-refractivity contribution < 1.29 is 24.3 Å². The van der Waals surface area contributed by atoms with E-state index in [1.807, 2.05) is 121 Å². The molecule has 1 saturated carbocycles. The number of benzene rings is 5. The summed E-state index contributed by atoms with van der Waals surface area (Å²) in [6.45, 7) is 0.190. The molecule has 250 valence electrons. The zero-order valence-corrected chi connectivity index (χ0v) is 27.8. The summed E-state index contributed by atoms with van der Waals surface area (Å²) in [7, 11) is 0. The van der Waals surface area contributed by atoms with E-state index in [0.29, 0.717) is 22.9 Å². The maximum Gasteiger partial charge on any atom is 0.234 e. The number of nitrogens with zero attached hydrogens (tertiary/aromatic N) is 1. The number of amides is 2. The molecule has 0 aromatic heterocycles. The van der Waals surface area contributed by atoms with Gasteiger partial charge in [0, 0.05) is 22.8 Å². The van der Waals surface area contributed by atoms with Crippen LogP contribution in [-0.4, -0.2) is 33.4 Å². The SMILES string of the molecule is O=C1C(c2ccccc2)=CC(=O)[C@@]2(c3ccccc3)[C@@H](c3ccc(O)c4ccccc34)C3=CC[C@@H]4C(=O)N(Cc5ccccc5)C(=O)[C@@H]4[C@@H]3C[C@@H]12. The summed E-state index contributed by atoms with van der Waals surface area (Å²) < 4.78 is 0. The van der Waals surface area contributed by atoms with Crippen molar-refractivity contribution in [3.8, 4) is 5.75 Å². The fourth-order valence-electron chi connectivity index (χ4n) is 9.76. The summed E-state index contributed by atoms with van der Waals surface area (Å²) >= 11 is 0. The number of Topliss-reactive ketones (excluding diaryl/α,β-unsaturated/α-hetero) is 1. The predicted octanol–water partition coefficient (Wildman–Crippen LogP) is 7.57. The van der Waals surface area contributed by atoms with Crippen molar-refractivity contribution in [2.45, 2.75) is 30.7 Å². The summed E-state index contributed by atoms with van der Waals surface area (Å²) in [6.07, 6.45) is 4.24. The molecule has 2 amide bonds. The van der Waals surface area contributed by atoms with Crippen LogP contribution in [0.1, 0.15) is 41.0 Å². The van der Waals surface area contributed by atoms with Crippen LogP contribution in [0.5, 0.6) is 5.75 Å². The van der Waals surface area contributed by atoms with Crippen LogP contribution in [0.4, 0.5) is 0 Å². The van der Waals surface area contributed by atoms with Gasteiger partial charge in [0.05, 0.1) is 23.8 Å². The molecular formula is C45H35NO5. The Labute approximate surface area is 295 Å². The Morgan fingerprint density at radius 1 is 0.686 bits per heavy atom. The minimum absolute atomic E-state index is 0.120. The molecule has 0 radical (unpaired) electrons. The van der Waals surface area contributed by atoms with Crippen molar-refractivity contribution in [3.63, 3.8) is 0 Å². The average molecular weight is 670 g/mol. The lowest BCUT2D eigenvalue weighted by molar-refractivity contribution is -0.141. The van der Waals surface area contributed by atoms with Crippen LogP contribution < -0.4 is 0 Å². The molecule has 0 spiro atoms. The van der Waals surface area contributed by atoms with Gasteiger partial charge in [0.15, 0.2) is 11.6 Å². The molecule has 4 aliphatic rings. The molecule has 1 heterocycles. The molecule has 1 aliphatic heterocycles. The number of phenolic OH excluding ortho intramolecular Hbond substituents is 1. The van der Waals surface area contributed by atoms with E-state index in [0.717, 1.165) is 27.6 Å². The molecular weight excluding hydrogens is 634 g/mol. The first kappa shape index (κ1) is 31.1. The summed E-state index contributed by atoms with van der Waals surface area (Å²) in [5, 5.41) is 12.4. The molecule has 1 N–H and O–H groups in total. The standard InChI is InChI=1S/C45H35NO5/c47-38-23-22-32(30-18-10-11-19-31(30)38)41-33-20-21-34-40(44(51)46(43(34)50)26-27-12-4-1-5-13-27)36(33)24-37-42(49)35(28-14-6-2-7-15-28)25-39(48)45(37,41)29-16-8-3-9-17-29/h1-20,22-23,25,34,36-37,40-41,47H,21,24,26H2/t34-,36+,37-,40-,41-,45-/m0/s1. The Hall–Kier alpha value is -5.88. The zero-order valence-electron chi connectivity index (χ0n) is 27.8.